The van der Waals surface area contributed by atoms with Crippen LogP contribution in [0.2, 0.25) is 10.0 Å². The molecule has 0 bridgehead atoms. The molecule has 20 heavy (non-hydrogen) atoms. The SMILES string of the molecule is CCNC(c1csc(Br)c1)c1cc(Cl)c(OC)cc1Cl. The van der Waals surface area contributed by atoms with Gasteiger partial charge in [-0.2, -0.15) is 0 Å². The minimum Gasteiger partial charge on any atom is -0.495 e. The van der Waals surface area contributed by atoms with Crippen LogP contribution in [0.15, 0.2) is 27.4 Å². The Labute approximate surface area is 141 Å². The topological polar surface area (TPSA) is 21.3 Å². The second-order valence-corrected chi connectivity index (χ2v) is 7.29. The van der Waals surface area contributed by atoms with Crippen LogP contribution in [0.25, 0.3) is 0 Å². The Morgan fingerprint density at radius 3 is 2.60 bits per heavy atom. The molecule has 2 aromatic rings. The van der Waals surface area contributed by atoms with Gasteiger partial charge in [-0.15, -0.1) is 11.3 Å². The van der Waals surface area contributed by atoms with Crippen LogP contribution >= 0.6 is 50.5 Å². The standard InChI is InChI=1S/C14H14BrCl2NOS/c1-3-18-14(8-4-13(15)20-7-8)9-5-11(17)12(19-2)6-10(9)16/h4-7,14,18H,3H2,1-2H3. The van der Waals surface area contributed by atoms with E-state index in [9.17, 15) is 0 Å². The number of benzene rings is 1. The van der Waals surface area contributed by atoms with Crippen molar-refractivity contribution < 1.29 is 4.74 Å². The maximum Gasteiger partial charge on any atom is 0.138 e. The molecule has 1 heterocycles. The van der Waals surface area contributed by atoms with Gasteiger partial charge in [-0.05, 0) is 51.1 Å². The number of thiophene rings is 1. The summed E-state index contributed by atoms with van der Waals surface area (Å²) in [4.78, 5) is 0. The fourth-order valence-corrected chi connectivity index (χ4v) is 3.72. The van der Waals surface area contributed by atoms with Gasteiger partial charge in [0.25, 0.3) is 0 Å². The van der Waals surface area contributed by atoms with Crippen molar-refractivity contribution in [1.29, 1.82) is 0 Å². The van der Waals surface area contributed by atoms with E-state index in [1.807, 2.05) is 6.07 Å². The maximum absolute atomic E-state index is 6.38. The zero-order valence-electron chi connectivity index (χ0n) is 11.0. The summed E-state index contributed by atoms with van der Waals surface area (Å²) in [7, 11) is 1.58. The van der Waals surface area contributed by atoms with E-state index in [-0.39, 0.29) is 6.04 Å². The zero-order valence-corrected chi connectivity index (χ0v) is 15.0. The van der Waals surface area contributed by atoms with Gasteiger partial charge >= 0.3 is 0 Å². The van der Waals surface area contributed by atoms with E-state index in [4.69, 9.17) is 27.9 Å². The van der Waals surface area contributed by atoms with Gasteiger partial charge < -0.3 is 10.1 Å². The van der Waals surface area contributed by atoms with Crippen molar-refractivity contribution >= 4 is 50.5 Å². The van der Waals surface area contributed by atoms with E-state index in [0.29, 0.717) is 15.8 Å². The normalized spacial score (nSPS) is 12.4. The quantitative estimate of drug-likeness (QED) is 0.720. The van der Waals surface area contributed by atoms with Crippen LogP contribution in [-0.2, 0) is 0 Å². The first-order valence-electron chi connectivity index (χ1n) is 6.07. The molecule has 1 aromatic carbocycles. The molecule has 0 radical (unpaired) electrons. The van der Waals surface area contributed by atoms with Crippen molar-refractivity contribution in [3.8, 4) is 5.75 Å². The third-order valence-electron chi connectivity index (χ3n) is 2.91. The van der Waals surface area contributed by atoms with Crippen molar-refractivity contribution in [2.75, 3.05) is 13.7 Å². The molecule has 0 aliphatic carbocycles. The van der Waals surface area contributed by atoms with Gasteiger partial charge in [0.2, 0.25) is 0 Å². The number of methoxy groups -OCH3 is 1. The Morgan fingerprint density at radius 2 is 2.05 bits per heavy atom. The minimum absolute atomic E-state index is 0.0125. The van der Waals surface area contributed by atoms with Gasteiger partial charge in [0.15, 0.2) is 0 Å². The molecular formula is C14H14BrCl2NOS. The largest absolute Gasteiger partial charge is 0.495 e. The summed E-state index contributed by atoms with van der Waals surface area (Å²) in [5, 5.41) is 6.74. The van der Waals surface area contributed by atoms with Gasteiger partial charge in [0.05, 0.1) is 22.0 Å². The molecule has 6 heteroatoms. The molecule has 0 fully saturated rings. The van der Waals surface area contributed by atoms with E-state index in [2.05, 4.69) is 39.6 Å². The number of hydrogen-bond acceptors (Lipinski definition) is 3. The fourth-order valence-electron chi connectivity index (χ4n) is 2.01. The first-order chi connectivity index (χ1) is 9.56. The molecule has 0 amide bonds. The average molecular weight is 395 g/mol. The summed E-state index contributed by atoms with van der Waals surface area (Å²) in [6, 6.07) is 5.72. The molecule has 0 saturated heterocycles. The van der Waals surface area contributed by atoms with Crippen LogP contribution in [0.1, 0.15) is 24.1 Å². The Morgan fingerprint density at radius 1 is 1.30 bits per heavy atom. The van der Waals surface area contributed by atoms with Crippen LogP contribution in [0.5, 0.6) is 5.75 Å². The fraction of sp³-hybridized carbons (Fsp3) is 0.286. The van der Waals surface area contributed by atoms with Crippen molar-refractivity contribution in [2.45, 2.75) is 13.0 Å². The van der Waals surface area contributed by atoms with Crippen molar-refractivity contribution in [2.24, 2.45) is 0 Å². The van der Waals surface area contributed by atoms with E-state index in [1.54, 1.807) is 24.5 Å². The van der Waals surface area contributed by atoms with Gasteiger partial charge in [-0.3, -0.25) is 0 Å². The molecule has 0 aliphatic heterocycles. The van der Waals surface area contributed by atoms with E-state index >= 15 is 0 Å². The highest BCUT2D eigenvalue weighted by molar-refractivity contribution is 9.11. The third kappa shape index (κ3) is 3.49. The van der Waals surface area contributed by atoms with Crippen molar-refractivity contribution in [1.82, 2.24) is 5.32 Å². The zero-order chi connectivity index (χ0) is 14.7. The van der Waals surface area contributed by atoms with Gasteiger partial charge in [0, 0.05) is 11.1 Å². The lowest BCUT2D eigenvalue weighted by Gasteiger charge is -2.20. The molecule has 1 N–H and O–H groups in total. The van der Waals surface area contributed by atoms with Gasteiger partial charge in [-0.25, -0.2) is 0 Å². The summed E-state index contributed by atoms with van der Waals surface area (Å²) >= 11 is 17.7. The summed E-state index contributed by atoms with van der Waals surface area (Å²) in [6.07, 6.45) is 0. The lowest BCUT2D eigenvalue weighted by Crippen LogP contribution is -2.21. The highest BCUT2D eigenvalue weighted by Crippen LogP contribution is 2.37. The predicted molar refractivity (Wildman–Crippen MR) is 90.6 cm³/mol. The van der Waals surface area contributed by atoms with Crippen molar-refractivity contribution in [3.05, 3.63) is 48.5 Å². The first-order valence-corrected chi connectivity index (χ1v) is 8.50. The monoisotopic (exact) mass is 393 g/mol. The van der Waals surface area contributed by atoms with Crippen LogP contribution < -0.4 is 10.1 Å². The lowest BCUT2D eigenvalue weighted by atomic mass is 10.0. The van der Waals surface area contributed by atoms with Crippen LogP contribution in [0, 0.1) is 0 Å². The summed E-state index contributed by atoms with van der Waals surface area (Å²) in [6.45, 7) is 2.89. The Balaban J connectivity index is 2.46. The molecule has 0 aliphatic rings. The van der Waals surface area contributed by atoms with Crippen LogP contribution in [0.4, 0.5) is 0 Å². The number of rotatable bonds is 5. The molecule has 1 aromatic heterocycles. The van der Waals surface area contributed by atoms with E-state index < -0.39 is 0 Å². The highest BCUT2D eigenvalue weighted by Gasteiger charge is 2.19. The van der Waals surface area contributed by atoms with Gasteiger partial charge in [-0.1, -0.05) is 30.1 Å². The molecule has 0 spiro atoms. The number of halogens is 3. The van der Waals surface area contributed by atoms with Crippen LogP contribution in [0.3, 0.4) is 0 Å². The van der Waals surface area contributed by atoms with E-state index in [0.717, 1.165) is 21.5 Å². The Hall–Kier alpha value is -0.260. The third-order valence-corrected chi connectivity index (χ3v) is 5.06. The molecule has 1 atom stereocenters. The molecule has 1 unspecified atom stereocenters. The summed E-state index contributed by atoms with van der Waals surface area (Å²) in [5.41, 5.74) is 2.11. The smallest absolute Gasteiger partial charge is 0.138 e. The average Bonchev–Trinajstić information content (AvgIpc) is 2.85. The lowest BCUT2D eigenvalue weighted by molar-refractivity contribution is 0.414. The van der Waals surface area contributed by atoms with E-state index in [1.165, 1.54) is 0 Å². The summed E-state index contributed by atoms with van der Waals surface area (Å²) in [5.74, 6) is 0.585. The molecule has 2 nitrogen and oxygen atoms in total. The molecule has 0 saturated carbocycles. The number of ether oxygens (including phenoxy) is 1. The first kappa shape index (κ1) is 16.1. The minimum atomic E-state index is 0.0125. The van der Waals surface area contributed by atoms with Gasteiger partial charge in [0.1, 0.15) is 5.75 Å². The second-order valence-electron chi connectivity index (χ2n) is 4.18. The Bertz CT molecular complexity index is 603. The highest BCUT2D eigenvalue weighted by atomic mass is 79.9. The molecule has 2 rings (SSSR count). The predicted octanol–water partition coefficient (Wildman–Crippen LogP) is 5.52. The Kier molecular flexibility index (Phi) is 5.75. The molecular weight excluding hydrogens is 381 g/mol. The second kappa shape index (κ2) is 7.14. The maximum atomic E-state index is 6.38. The van der Waals surface area contributed by atoms with Crippen molar-refractivity contribution in [3.63, 3.8) is 0 Å². The summed E-state index contributed by atoms with van der Waals surface area (Å²) < 4.78 is 6.28. The number of nitrogens with one attached hydrogen (secondary N) is 1. The van der Waals surface area contributed by atoms with Crippen LogP contribution in [-0.4, -0.2) is 13.7 Å². The number of hydrogen-bond donors (Lipinski definition) is 1. The molecule has 108 valence electrons.